The van der Waals surface area contributed by atoms with Gasteiger partial charge in [0.1, 0.15) is 0 Å². The van der Waals surface area contributed by atoms with Crippen molar-refractivity contribution in [2.75, 3.05) is 6.61 Å². The van der Waals surface area contributed by atoms with Gasteiger partial charge in [-0.15, -0.1) is 6.58 Å². The van der Waals surface area contributed by atoms with Crippen LogP contribution in [0.2, 0.25) is 0 Å². The molecular weight excluding hydrogens is 242 g/mol. The third-order valence-corrected chi connectivity index (χ3v) is 3.15. The number of Topliss-reactive ketones (excluding diaryl/α,β-unsaturated/α-hetero) is 1. The molecule has 0 aliphatic heterocycles. The topological polar surface area (TPSA) is 69.4 Å². The number of allylic oxidation sites excluding steroid dienone is 1. The van der Waals surface area contributed by atoms with E-state index in [9.17, 15) is 14.9 Å². The van der Waals surface area contributed by atoms with Crippen LogP contribution in [0.25, 0.3) is 0 Å². The smallest absolute Gasteiger partial charge is 0.323 e. The fraction of sp³-hybridized carbons (Fsp3) is 0.364. The van der Waals surface area contributed by atoms with E-state index in [0.29, 0.717) is 11.5 Å². The van der Waals surface area contributed by atoms with Gasteiger partial charge in [-0.25, -0.2) is 0 Å². The van der Waals surface area contributed by atoms with Crippen molar-refractivity contribution in [1.29, 1.82) is 0 Å². The average molecular weight is 255 g/mol. The Hall–Kier alpha value is -1.69. The summed E-state index contributed by atoms with van der Waals surface area (Å²) in [5.41, 5.74) is -0.140. The molecule has 0 aromatic carbocycles. The van der Waals surface area contributed by atoms with E-state index in [2.05, 4.69) is 6.58 Å². The van der Waals surface area contributed by atoms with E-state index in [1.165, 1.54) is 13.0 Å². The number of ketones is 1. The van der Waals surface area contributed by atoms with Crippen molar-refractivity contribution in [2.45, 2.75) is 19.8 Å². The van der Waals surface area contributed by atoms with Gasteiger partial charge < -0.3 is 4.74 Å². The van der Waals surface area contributed by atoms with Crippen LogP contribution in [-0.4, -0.2) is 17.3 Å². The van der Waals surface area contributed by atoms with Gasteiger partial charge in [-0.3, -0.25) is 14.9 Å². The standard InChI is InChI=1S/C11H13NO4S/c1-3-4-5-6-16-11-9(12(14)15)7-10(17-11)8(2)13/h3,7H,1,4-6H2,2H3. The molecule has 0 atom stereocenters. The van der Waals surface area contributed by atoms with E-state index in [4.69, 9.17) is 4.74 Å². The zero-order chi connectivity index (χ0) is 12.8. The molecule has 5 nitrogen and oxygen atoms in total. The quantitative estimate of drug-likeness (QED) is 0.246. The molecule has 0 unspecified atom stereocenters. The number of hydrogen-bond acceptors (Lipinski definition) is 5. The predicted molar refractivity (Wildman–Crippen MR) is 65.9 cm³/mol. The molecule has 1 aromatic rings. The number of rotatable bonds is 7. The van der Waals surface area contributed by atoms with Gasteiger partial charge in [-0.05, 0) is 19.8 Å². The van der Waals surface area contributed by atoms with E-state index < -0.39 is 4.92 Å². The third kappa shape index (κ3) is 3.67. The first-order chi connectivity index (χ1) is 8.06. The maximum atomic E-state index is 11.1. The van der Waals surface area contributed by atoms with Crippen LogP contribution in [0, 0.1) is 10.1 Å². The highest BCUT2D eigenvalue weighted by Crippen LogP contribution is 2.37. The molecule has 0 spiro atoms. The van der Waals surface area contributed by atoms with Crippen molar-refractivity contribution in [2.24, 2.45) is 0 Å². The molecule has 0 bridgehead atoms. The summed E-state index contributed by atoms with van der Waals surface area (Å²) < 4.78 is 5.31. The minimum Gasteiger partial charge on any atom is -0.479 e. The molecule has 6 heteroatoms. The molecule has 0 N–H and O–H groups in total. The number of nitro groups is 1. The molecule has 17 heavy (non-hydrogen) atoms. The van der Waals surface area contributed by atoms with Gasteiger partial charge in [-0.2, -0.15) is 0 Å². The van der Waals surface area contributed by atoms with E-state index in [0.717, 1.165) is 24.2 Å². The van der Waals surface area contributed by atoms with Crippen LogP contribution in [-0.2, 0) is 0 Å². The van der Waals surface area contributed by atoms with E-state index in [-0.39, 0.29) is 16.5 Å². The van der Waals surface area contributed by atoms with Crippen molar-refractivity contribution in [3.63, 3.8) is 0 Å². The Labute approximate surface area is 103 Å². The van der Waals surface area contributed by atoms with E-state index in [1.807, 2.05) is 0 Å². The van der Waals surface area contributed by atoms with Gasteiger partial charge in [0.05, 0.1) is 16.4 Å². The molecular formula is C11H13NO4S. The summed E-state index contributed by atoms with van der Waals surface area (Å²) in [7, 11) is 0. The van der Waals surface area contributed by atoms with Gasteiger partial charge in [0.25, 0.3) is 5.06 Å². The first-order valence-electron chi connectivity index (χ1n) is 5.09. The van der Waals surface area contributed by atoms with Crippen LogP contribution in [0.3, 0.4) is 0 Å². The summed E-state index contributed by atoms with van der Waals surface area (Å²) in [5, 5.41) is 10.9. The van der Waals surface area contributed by atoms with Crippen LogP contribution in [0.5, 0.6) is 5.06 Å². The Balaban J connectivity index is 2.78. The number of unbranched alkanes of at least 4 members (excludes halogenated alkanes) is 1. The molecule has 0 aliphatic rings. The summed E-state index contributed by atoms with van der Waals surface area (Å²) in [6.07, 6.45) is 3.29. The molecule has 1 heterocycles. The van der Waals surface area contributed by atoms with Crippen LogP contribution < -0.4 is 4.74 Å². The summed E-state index contributed by atoms with van der Waals surface area (Å²) >= 11 is 1.01. The number of carbonyl (C=O) groups excluding carboxylic acids is 1. The van der Waals surface area contributed by atoms with Crippen LogP contribution in [0.1, 0.15) is 29.4 Å². The lowest BCUT2D eigenvalue weighted by Gasteiger charge is -2.00. The van der Waals surface area contributed by atoms with Crippen molar-refractivity contribution < 1.29 is 14.5 Å². The van der Waals surface area contributed by atoms with E-state index >= 15 is 0 Å². The first-order valence-corrected chi connectivity index (χ1v) is 5.90. The number of ether oxygens (including phenoxy) is 1. The lowest BCUT2D eigenvalue weighted by Crippen LogP contribution is -1.97. The SMILES string of the molecule is C=CCCCOc1sc(C(C)=O)cc1[N+](=O)[O-]. The Morgan fingerprint density at radius 1 is 1.71 bits per heavy atom. The van der Waals surface area contributed by atoms with Crippen molar-refractivity contribution in [3.8, 4) is 5.06 Å². The largest absolute Gasteiger partial charge is 0.479 e. The molecule has 1 rings (SSSR count). The highest BCUT2D eigenvalue weighted by atomic mass is 32.1. The molecule has 0 aliphatic carbocycles. The molecule has 0 saturated carbocycles. The second-order valence-electron chi connectivity index (χ2n) is 3.38. The second kappa shape index (κ2) is 6.15. The minimum absolute atomic E-state index is 0.140. The molecule has 92 valence electrons. The molecule has 0 amide bonds. The van der Waals surface area contributed by atoms with E-state index in [1.54, 1.807) is 6.08 Å². The molecule has 0 fully saturated rings. The van der Waals surface area contributed by atoms with Crippen molar-refractivity contribution in [3.05, 3.63) is 33.7 Å². The molecule has 0 saturated heterocycles. The van der Waals surface area contributed by atoms with Crippen molar-refractivity contribution in [1.82, 2.24) is 0 Å². The molecule has 0 radical (unpaired) electrons. The van der Waals surface area contributed by atoms with Crippen LogP contribution in [0.15, 0.2) is 18.7 Å². The second-order valence-corrected chi connectivity index (χ2v) is 4.39. The zero-order valence-corrected chi connectivity index (χ0v) is 10.3. The van der Waals surface area contributed by atoms with Gasteiger partial charge >= 0.3 is 5.69 Å². The fourth-order valence-electron chi connectivity index (χ4n) is 1.16. The maximum absolute atomic E-state index is 11.1. The highest BCUT2D eigenvalue weighted by molar-refractivity contribution is 7.16. The zero-order valence-electron chi connectivity index (χ0n) is 9.47. The lowest BCUT2D eigenvalue weighted by atomic mass is 10.3. The summed E-state index contributed by atoms with van der Waals surface area (Å²) in [5.74, 6) is -0.195. The third-order valence-electron chi connectivity index (χ3n) is 2.01. The monoisotopic (exact) mass is 255 g/mol. The lowest BCUT2D eigenvalue weighted by molar-refractivity contribution is -0.385. The Morgan fingerprint density at radius 2 is 2.41 bits per heavy atom. The minimum atomic E-state index is -0.536. The van der Waals surface area contributed by atoms with Crippen molar-refractivity contribution >= 4 is 22.8 Å². The van der Waals surface area contributed by atoms with Gasteiger partial charge in [0.2, 0.25) is 0 Å². The average Bonchev–Trinajstić information content (AvgIpc) is 2.68. The molecule has 1 aromatic heterocycles. The Bertz CT molecular complexity index is 439. The van der Waals surface area contributed by atoms with Crippen LogP contribution in [0.4, 0.5) is 5.69 Å². The normalized spacial score (nSPS) is 9.94. The number of hydrogen-bond donors (Lipinski definition) is 0. The summed E-state index contributed by atoms with van der Waals surface area (Å²) in [6.45, 7) is 5.32. The highest BCUT2D eigenvalue weighted by Gasteiger charge is 2.22. The van der Waals surface area contributed by atoms with Crippen LogP contribution >= 0.6 is 11.3 Å². The maximum Gasteiger partial charge on any atom is 0.323 e. The Morgan fingerprint density at radius 3 is 2.94 bits per heavy atom. The number of carbonyl (C=O) groups is 1. The first kappa shape index (κ1) is 13.4. The fourth-order valence-corrected chi connectivity index (χ4v) is 2.06. The number of thiophene rings is 1. The summed E-state index contributed by atoms with van der Waals surface area (Å²) in [4.78, 5) is 21.7. The predicted octanol–water partition coefficient (Wildman–Crippen LogP) is 3.20. The van der Waals surface area contributed by atoms with Gasteiger partial charge in [0.15, 0.2) is 5.78 Å². The van der Waals surface area contributed by atoms with Gasteiger partial charge in [-0.1, -0.05) is 17.4 Å². The summed E-state index contributed by atoms with van der Waals surface area (Å²) in [6, 6.07) is 1.26. The van der Waals surface area contributed by atoms with Gasteiger partial charge in [0, 0.05) is 6.07 Å². The number of nitrogens with zero attached hydrogens (tertiary/aromatic N) is 1. The Kier molecular flexibility index (Phi) is 4.84.